The van der Waals surface area contributed by atoms with Gasteiger partial charge in [-0.3, -0.25) is 9.10 Å². The van der Waals surface area contributed by atoms with E-state index in [0.29, 0.717) is 12.4 Å². The maximum absolute atomic E-state index is 13.7. The van der Waals surface area contributed by atoms with Gasteiger partial charge in [0.05, 0.1) is 30.0 Å². The average Bonchev–Trinajstić information content (AvgIpc) is 2.81. The standard InChI is InChI=1S/C26H35FN4O3S/c1-16(2)23-21(13-12-19-14-20(15-22(32)28-5)34-26(3,4)33-19)24(17-8-10-18(27)11-9-17)30-25(29-23)31(6)35-7/h8-13,16,19-20H,14-15H2,1-7H3,(H,28,32)/b13-12+. The molecule has 1 aliphatic rings. The number of carbonyl (C=O) groups is 1. The van der Waals surface area contributed by atoms with Crippen LogP contribution in [-0.2, 0) is 14.3 Å². The Morgan fingerprint density at radius 1 is 1.29 bits per heavy atom. The normalized spacial score (nSPS) is 19.8. The van der Waals surface area contributed by atoms with Gasteiger partial charge in [0.15, 0.2) is 5.79 Å². The maximum atomic E-state index is 13.7. The molecular weight excluding hydrogens is 467 g/mol. The second-order valence-corrected chi connectivity index (χ2v) is 10.2. The van der Waals surface area contributed by atoms with E-state index in [2.05, 4.69) is 19.2 Å². The largest absolute Gasteiger partial charge is 0.359 e. The first-order valence-corrected chi connectivity index (χ1v) is 12.9. The minimum atomic E-state index is -0.825. The van der Waals surface area contributed by atoms with E-state index in [0.717, 1.165) is 22.5 Å². The van der Waals surface area contributed by atoms with Crippen LogP contribution in [0, 0.1) is 5.82 Å². The molecule has 0 radical (unpaired) electrons. The van der Waals surface area contributed by atoms with E-state index in [1.54, 1.807) is 19.2 Å². The van der Waals surface area contributed by atoms with Crippen molar-refractivity contribution in [2.45, 2.75) is 64.4 Å². The Kier molecular flexibility index (Phi) is 8.90. The van der Waals surface area contributed by atoms with Crippen LogP contribution in [0.15, 0.2) is 30.3 Å². The molecule has 1 saturated heterocycles. The van der Waals surface area contributed by atoms with Gasteiger partial charge in [-0.1, -0.05) is 37.9 Å². The summed E-state index contributed by atoms with van der Waals surface area (Å²) in [6.45, 7) is 7.88. The van der Waals surface area contributed by atoms with Crippen molar-refractivity contribution in [2.75, 3.05) is 24.7 Å². The maximum Gasteiger partial charge on any atom is 0.236 e. The Bertz CT molecular complexity index is 1060. The number of carbonyl (C=O) groups excluding carboxylic acids is 1. The fourth-order valence-electron chi connectivity index (χ4n) is 4.03. The molecule has 9 heteroatoms. The van der Waals surface area contributed by atoms with Crippen molar-refractivity contribution in [3.05, 3.63) is 47.4 Å². The van der Waals surface area contributed by atoms with Gasteiger partial charge in [-0.25, -0.2) is 14.4 Å². The van der Waals surface area contributed by atoms with Crippen molar-refractivity contribution in [1.82, 2.24) is 15.3 Å². The third-order valence-electron chi connectivity index (χ3n) is 5.73. The summed E-state index contributed by atoms with van der Waals surface area (Å²) in [5.41, 5.74) is 3.28. The lowest BCUT2D eigenvalue weighted by Gasteiger charge is -2.39. The van der Waals surface area contributed by atoms with Crippen LogP contribution in [-0.4, -0.2) is 54.2 Å². The van der Waals surface area contributed by atoms with Crippen LogP contribution < -0.4 is 9.62 Å². The topological polar surface area (TPSA) is 76.6 Å². The highest BCUT2D eigenvalue weighted by Gasteiger charge is 2.35. The van der Waals surface area contributed by atoms with Gasteiger partial charge in [0.25, 0.3) is 0 Å². The summed E-state index contributed by atoms with van der Waals surface area (Å²) < 4.78 is 27.7. The molecular formula is C26H35FN4O3S. The smallest absolute Gasteiger partial charge is 0.236 e. The van der Waals surface area contributed by atoms with Crippen molar-refractivity contribution in [1.29, 1.82) is 0 Å². The van der Waals surface area contributed by atoms with Crippen molar-refractivity contribution in [2.24, 2.45) is 0 Å². The molecule has 1 aromatic carbocycles. The molecule has 0 bridgehead atoms. The SMILES string of the molecule is CNC(=O)CC1CC(/C=C/c2c(-c3ccc(F)cc3)nc(N(C)SC)nc2C(C)C)OC(C)(C)O1. The Morgan fingerprint density at radius 3 is 2.57 bits per heavy atom. The molecule has 2 heterocycles. The molecule has 1 fully saturated rings. The fourth-order valence-corrected chi connectivity index (χ4v) is 4.28. The third kappa shape index (κ3) is 7.02. The summed E-state index contributed by atoms with van der Waals surface area (Å²) >= 11 is 1.52. The lowest BCUT2D eigenvalue weighted by atomic mass is 9.97. The van der Waals surface area contributed by atoms with Crippen LogP contribution in [0.2, 0.25) is 0 Å². The number of nitrogens with one attached hydrogen (secondary N) is 1. The second-order valence-electron chi connectivity index (χ2n) is 9.28. The summed E-state index contributed by atoms with van der Waals surface area (Å²) in [5, 5.41) is 2.65. The Labute approximate surface area is 211 Å². The summed E-state index contributed by atoms with van der Waals surface area (Å²) in [6, 6.07) is 6.34. The molecule has 2 atom stereocenters. The quantitative estimate of drug-likeness (QED) is 0.499. The van der Waals surface area contributed by atoms with Crippen LogP contribution in [0.25, 0.3) is 17.3 Å². The fraction of sp³-hybridized carbons (Fsp3) is 0.500. The first kappa shape index (κ1) is 27.1. The molecule has 7 nitrogen and oxygen atoms in total. The van der Waals surface area contributed by atoms with Crippen LogP contribution in [0.3, 0.4) is 0 Å². The van der Waals surface area contributed by atoms with Crippen LogP contribution >= 0.6 is 11.9 Å². The summed E-state index contributed by atoms with van der Waals surface area (Å²) in [5.74, 6) is -0.484. The summed E-state index contributed by atoms with van der Waals surface area (Å²) in [6.07, 6.45) is 6.22. The summed E-state index contributed by atoms with van der Waals surface area (Å²) in [7, 11) is 3.53. The Morgan fingerprint density at radius 2 is 1.97 bits per heavy atom. The number of rotatable bonds is 8. The first-order chi connectivity index (χ1) is 16.5. The first-order valence-electron chi connectivity index (χ1n) is 11.7. The molecule has 190 valence electrons. The molecule has 1 amide bonds. The van der Waals surface area contributed by atoms with Crippen molar-refractivity contribution >= 4 is 29.9 Å². The van der Waals surface area contributed by atoms with E-state index in [1.165, 1.54) is 24.1 Å². The van der Waals surface area contributed by atoms with Crippen LogP contribution in [0.4, 0.5) is 10.3 Å². The molecule has 1 N–H and O–H groups in total. The number of hydrogen-bond donors (Lipinski definition) is 1. The molecule has 2 unspecified atom stereocenters. The Hall–Kier alpha value is -2.49. The van der Waals surface area contributed by atoms with Gasteiger partial charge in [0.1, 0.15) is 5.82 Å². The molecule has 0 spiro atoms. The molecule has 0 saturated carbocycles. The lowest BCUT2D eigenvalue weighted by Crippen LogP contribution is -2.45. The van der Waals surface area contributed by atoms with Gasteiger partial charge in [-0.15, -0.1) is 0 Å². The van der Waals surface area contributed by atoms with E-state index >= 15 is 0 Å². The van der Waals surface area contributed by atoms with Crippen molar-refractivity contribution in [3.8, 4) is 11.3 Å². The molecule has 35 heavy (non-hydrogen) atoms. The Balaban J connectivity index is 2.05. The van der Waals surface area contributed by atoms with E-state index in [9.17, 15) is 9.18 Å². The molecule has 3 rings (SSSR count). The number of benzene rings is 1. The zero-order valence-electron chi connectivity index (χ0n) is 21.5. The van der Waals surface area contributed by atoms with E-state index in [1.807, 2.05) is 43.6 Å². The van der Waals surface area contributed by atoms with Crippen LogP contribution in [0.5, 0.6) is 0 Å². The number of aromatic nitrogens is 2. The molecule has 2 aromatic rings. The average molecular weight is 503 g/mol. The zero-order valence-corrected chi connectivity index (χ0v) is 22.3. The zero-order chi connectivity index (χ0) is 25.8. The predicted octanol–water partition coefficient (Wildman–Crippen LogP) is 5.18. The number of amides is 1. The highest BCUT2D eigenvalue weighted by Crippen LogP contribution is 2.34. The van der Waals surface area contributed by atoms with E-state index < -0.39 is 5.79 Å². The molecule has 1 aliphatic heterocycles. The number of hydrogen-bond acceptors (Lipinski definition) is 7. The summed E-state index contributed by atoms with van der Waals surface area (Å²) in [4.78, 5) is 21.6. The van der Waals surface area contributed by atoms with Gasteiger partial charge >= 0.3 is 0 Å². The lowest BCUT2D eigenvalue weighted by molar-refractivity contribution is -0.289. The number of anilines is 1. The molecule has 1 aromatic heterocycles. The minimum absolute atomic E-state index is 0.0713. The third-order valence-corrected chi connectivity index (χ3v) is 6.44. The van der Waals surface area contributed by atoms with E-state index in [4.69, 9.17) is 19.4 Å². The highest BCUT2D eigenvalue weighted by molar-refractivity contribution is 7.99. The molecule has 0 aliphatic carbocycles. The minimum Gasteiger partial charge on any atom is -0.359 e. The second kappa shape index (κ2) is 11.5. The number of halogens is 1. The number of ether oxygens (including phenoxy) is 2. The van der Waals surface area contributed by atoms with Gasteiger partial charge in [-0.2, -0.15) is 0 Å². The van der Waals surface area contributed by atoms with Gasteiger partial charge < -0.3 is 14.8 Å². The van der Waals surface area contributed by atoms with Gasteiger partial charge in [0.2, 0.25) is 11.9 Å². The van der Waals surface area contributed by atoms with Crippen LogP contribution in [0.1, 0.15) is 57.7 Å². The monoisotopic (exact) mass is 502 g/mol. The predicted molar refractivity (Wildman–Crippen MR) is 140 cm³/mol. The van der Waals surface area contributed by atoms with Crippen molar-refractivity contribution in [3.63, 3.8) is 0 Å². The van der Waals surface area contributed by atoms with Gasteiger partial charge in [-0.05, 0) is 44.0 Å². The van der Waals surface area contributed by atoms with Gasteiger partial charge in [0, 0.05) is 37.9 Å². The van der Waals surface area contributed by atoms with Crippen molar-refractivity contribution < 1.29 is 18.7 Å². The van der Waals surface area contributed by atoms with E-state index in [-0.39, 0.29) is 36.3 Å². The number of nitrogens with zero attached hydrogens (tertiary/aromatic N) is 3. The highest BCUT2D eigenvalue weighted by atomic mass is 32.2.